The van der Waals surface area contributed by atoms with Crippen molar-refractivity contribution in [3.8, 4) is 5.75 Å². The van der Waals surface area contributed by atoms with Crippen LogP contribution in [-0.4, -0.2) is 19.7 Å². The van der Waals surface area contributed by atoms with E-state index >= 15 is 0 Å². The van der Waals surface area contributed by atoms with E-state index < -0.39 is 0 Å². The number of hydrogen-bond donors (Lipinski definition) is 1. The van der Waals surface area contributed by atoms with Gasteiger partial charge >= 0.3 is 0 Å². The molecule has 2 unspecified atom stereocenters. The number of benzene rings is 1. The molecule has 0 heterocycles. The third-order valence-corrected chi connectivity index (χ3v) is 4.07. The lowest BCUT2D eigenvalue weighted by Gasteiger charge is -2.22. The van der Waals surface area contributed by atoms with Crippen LogP contribution in [0, 0.1) is 5.82 Å². The Bertz CT molecular complexity index is 408. The summed E-state index contributed by atoms with van der Waals surface area (Å²) in [5.74, 6) is 0.496. The standard InChI is InChI=1S/C16H24FNO/c1-3-18-13-8-5-4-7-12(11-13)14-9-6-10-15(19-2)16(14)17/h6,9-10,12-13,18H,3-5,7-8,11H2,1-2H3. The first-order valence-corrected chi connectivity index (χ1v) is 7.32. The van der Waals surface area contributed by atoms with Crippen LogP contribution in [0.15, 0.2) is 18.2 Å². The Balaban J connectivity index is 2.19. The molecular weight excluding hydrogens is 241 g/mol. The smallest absolute Gasteiger partial charge is 0.168 e. The van der Waals surface area contributed by atoms with E-state index in [0.717, 1.165) is 24.9 Å². The number of hydrogen-bond acceptors (Lipinski definition) is 2. The van der Waals surface area contributed by atoms with Crippen LogP contribution in [0.3, 0.4) is 0 Å². The highest BCUT2D eigenvalue weighted by Crippen LogP contribution is 2.35. The monoisotopic (exact) mass is 265 g/mol. The maximum absolute atomic E-state index is 14.4. The van der Waals surface area contributed by atoms with Gasteiger partial charge in [-0.2, -0.15) is 0 Å². The minimum absolute atomic E-state index is 0.174. The first-order chi connectivity index (χ1) is 9.26. The van der Waals surface area contributed by atoms with Gasteiger partial charge in [0, 0.05) is 6.04 Å². The average Bonchev–Trinajstić information content (AvgIpc) is 2.65. The van der Waals surface area contributed by atoms with Crippen LogP contribution in [0.4, 0.5) is 4.39 Å². The van der Waals surface area contributed by atoms with Crippen molar-refractivity contribution in [2.24, 2.45) is 0 Å². The third-order valence-electron chi connectivity index (χ3n) is 4.07. The fourth-order valence-corrected chi connectivity index (χ4v) is 3.12. The van der Waals surface area contributed by atoms with Crippen LogP contribution < -0.4 is 10.1 Å². The lowest BCUT2D eigenvalue weighted by atomic mass is 9.89. The summed E-state index contributed by atoms with van der Waals surface area (Å²) in [5, 5.41) is 3.52. The molecule has 0 aliphatic heterocycles. The number of halogens is 1. The largest absolute Gasteiger partial charge is 0.494 e. The molecule has 0 amide bonds. The van der Waals surface area contributed by atoms with Crippen molar-refractivity contribution in [3.63, 3.8) is 0 Å². The quantitative estimate of drug-likeness (QED) is 0.835. The fraction of sp³-hybridized carbons (Fsp3) is 0.625. The second-order valence-electron chi connectivity index (χ2n) is 5.34. The molecule has 1 fully saturated rings. The maximum atomic E-state index is 14.4. The van der Waals surface area contributed by atoms with Crippen LogP contribution in [0.5, 0.6) is 5.75 Å². The van der Waals surface area contributed by atoms with Crippen LogP contribution >= 0.6 is 0 Å². The normalized spacial score (nSPS) is 23.9. The summed E-state index contributed by atoms with van der Waals surface area (Å²) >= 11 is 0. The van der Waals surface area contributed by atoms with Gasteiger partial charge in [0.25, 0.3) is 0 Å². The van der Waals surface area contributed by atoms with Crippen LogP contribution in [0.25, 0.3) is 0 Å². The van der Waals surface area contributed by atoms with E-state index in [0.29, 0.717) is 17.7 Å². The Morgan fingerprint density at radius 2 is 2.11 bits per heavy atom. The van der Waals surface area contributed by atoms with Gasteiger partial charge in [0.1, 0.15) is 0 Å². The van der Waals surface area contributed by atoms with Crippen molar-refractivity contribution in [3.05, 3.63) is 29.6 Å². The summed E-state index contributed by atoms with van der Waals surface area (Å²) < 4.78 is 19.4. The summed E-state index contributed by atoms with van der Waals surface area (Å²) in [7, 11) is 1.52. The van der Waals surface area contributed by atoms with Crippen molar-refractivity contribution >= 4 is 0 Å². The molecule has 1 aliphatic carbocycles. The first kappa shape index (κ1) is 14.3. The lowest BCUT2D eigenvalue weighted by molar-refractivity contribution is 0.378. The fourth-order valence-electron chi connectivity index (χ4n) is 3.12. The summed E-state index contributed by atoms with van der Waals surface area (Å²) in [4.78, 5) is 0. The van der Waals surface area contributed by atoms with Crippen molar-refractivity contribution in [2.75, 3.05) is 13.7 Å². The molecule has 0 aromatic heterocycles. The number of methoxy groups -OCH3 is 1. The van der Waals surface area contributed by atoms with Gasteiger partial charge in [0.15, 0.2) is 11.6 Å². The summed E-state index contributed by atoms with van der Waals surface area (Å²) in [6, 6.07) is 6.02. The topological polar surface area (TPSA) is 21.3 Å². The molecule has 0 bridgehead atoms. The highest BCUT2D eigenvalue weighted by molar-refractivity contribution is 5.33. The van der Waals surface area contributed by atoms with Gasteiger partial charge in [-0.25, -0.2) is 4.39 Å². The number of rotatable bonds is 4. The van der Waals surface area contributed by atoms with Gasteiger partial charge in [0.2, 0.25) is 0 Å². The van der Waals surface area contributed by atoms with Gasteiger partial charge in [-0.15, -0.1) is 0 Å². The molecule has 0 radical (unpaired) electrons. The Labute approximate surface area is 115 Å². The summed E-state index contributed by atoms with van der Waals surface area (Å²) in [6.07, 6.45) is 5.73. The average molecular weight is 265 g/mol. The predicted octanol–water partition coefficient (Wildman–Crippen LogP) is 3.86. The Kier molecular flexibility index (Phi) is 5.20. The molecule has 0 spiro atoms. The molecule has 1 aliphatic rings. The molecule has 1 N–H and O–H groups in total. The molecule has 2 rings (SSSR count). The molecule has 1 aromatic rings. The molecule has 2 nitrogen and oxygen atoms in total. The van der Waals surface area contributed by atoms with E-state index in [-0.39, 0.29) is 5.82 Å². The van der Waals surface area contributed by atoms with Gasteiger partial charge in [-0.3, -0.25) is 0 Å². The van der Waals surface area contributed by atoms with E-state index in [4.69, 9.17) is 4.74 Å². The Hall–Kier alpha value is -1.09. The van der Waals surface area contributed by atoms with Crippen LogP contribution in [0.1, 0.15) is 50.5 Å². The minimum Gasteiger partial charge on any atom is -0.494 e. The van der Waals surface area contributed by atoms with E-state index in [2.05, 4.69) is 12.2 Å². The SMILES string of the molecule is CCNC1CCCCC(c2cccc(OC)c2F)C1. The van der Waals surface area contributed by atoms with E-state index in [1.54, 1.807) is 6.07 Å². The number of nitrogens with one attached hydrogen (secondary N) is 1. The second kappa shape index (κ2) is 6.90. The van der Waals surface area contributed by atoms with Crippen molar-refractivity contribution in [1.29, 1.82) is 0 Å². The van der Waals surface area contributed by atoms with Gasteiger partial charge in [0.05, 0.1) is 7.11 Å². The molecular formula is C16H24FNO. The molecule has 1 saturated carbocycles. The Morgan fingerprint density at radius 1 is 1.32 bits per heavy atom. The third kappa shape index (κ3) is 3.47. The van der Waals surface area contributed by atoms with Gasteiger partial charge < -0.3 is 10.1 Å². The highest BCUT2D eigenvalue weighted by Gasteiger charge is 2.24. The summed E-state index contributed by atoms with van der Waals surface area (Å²) in [6.45, 7) is 3.12. The predicted molar refractivity (Wildman–Crippen MR) is 76.2 cm³/mol. The van der Waals surface area contributed by atoms with E-state index in [1.165, 1.54) is 26.4 Å². The molecule has 1 aromatic carbocycles. The molecule has 3 heteroatoms. The van der Waals surface area contributed by atoms with Crippen LogP contribution in [0.2, 0.25) is 0 Å². The van der Waals surface area contributed by atoms with E-state index in [1.807, 2.05) is 12.1 Å². The van der Waals surface area contributed by atoms with Crippen LogP contribution in [-0.2, 0) is 0 Å². The first-order valence-electron chi connectivity index (χ1n) is 7.32. The zero-order valence-corrected chi connectivity index (χ0v) is 11.9. The summed E-state index contributed by atoms with van der Waals surface area (Å²) in [5.41, 5.74) is 0.823. The van der Waals surface area contributed by atoms with Crippen molar-refractivity contribution in [1.82, 2.24) is 5.32 Å². The molecule has 19 heavy (non-hydrogen) atoms. The Morgan fingerprint density at radius 3 is 2.84 bits per heavy atom. The molecule has 2 atom stereocenters. The maximum Gasteiger partial charge on any atom is 0.168 e. The van der Waals surface area contributed by atoms with Crippen molar-refractivity contribution < 1.29 is 9.13 Å². The molecule has 106 valence electrons. The zero-order valence-electron chi connectivity index (χ0n) is 11.9. The molecule has 0 saturated heterocycles. The minimum atomic E-state index is -0.174. The van der Waals surface area contributed by atoms with Crippen molar-refractivity contribution in [2.45, 2.75) is 51.0 Å². The van der Waals surface area contributed by atoms with Gasteiger partial charge in [-0.05, 0) is 43.4 Å². The second-order valence-corrected chi connectivity index (χ2v) is 5.34. The van der Waals surface area contributed by atoms with E-state index in [9.17, 15) is 4.39 Å². The number of ether oxygens (including phenoxy) is 1. The van der Waals surface area contributed by atoms with Gasteiger partial charge in [-0.1, -0.05) is 31.9 Å². The highest BCUT2D eigenvalue weighted by atomic mass is 19.1. The lowest BCUT2D eigenvalue weighted by Crippen LogP contribution is -2.29. The zero-order chi connectivity index (χ0) is 13.7.